The third-order valence-corrected chi connectivity index (χ3v) is 7.12. The first kappa shape index (κ1) is 23.0. The van der Waals surface area contributed by atoms with Crippen molar-refractivity contribution in [1.82, 2.24) is 10.2 Å². The van der Waals surface area contributed by atoms with Crippen molar-refractivity contribution in [2.75, 3.05) is 26.3 Å². The fraction of sp³-hybridized carbons (Fsp3) is 0.708. The number of amides is 1. The summed E-state index contributed by atoms with van der Waals surface area (Å²) < 4.78 is 12.1. The van der Waals surface area contributed by atoms with Crippen molar-refractivity contribution in [1.29, 1.82) is 0 Å². The van der Waals surface area contributed by atoms with Gasteiger partial charge in [-0.3, -0.25) is 9.69 Å². The molecule has 2 aliphatic heterocycles. The van der Waals surface area contributed by atoms with E-state index >= 15 is 0 Å². The molecule has 1 aliphatic carbocycles. The number of aliphatic hydroxyl groups excluding tert-OH is 1. The van der Waals surface area contributed by atoms with Gasteiger partial charge in [0.05, 0.1) is 37.9 Å². The van der Waals surface area contributed by atoms with Gasteiger partial charge in [-0.15, -0.1) is 0 Å². The monoisotopic (exact) mass is 450 g/mol. The molecule has 1 saturated carbocycles. The van der Waals surface area contributed by atoms with Crippen molar-refractivity contribution >= 4 is 17.5 Å². The molecule has 3 fully saturated rings. The minimum absolute atomic E-state index is 0.00314. The summed E-state index contributed by atoms with van der Waals surface area (Å²) in [4.78, 5) is 14.9. The molecule has 7 heteroatoms. The second kappa shape index (κ2) is 11.1. The van der Waals surface area contributed by atoms with Crippen molar-refractivity contribution in [2.45, 2.75) is 75.8 Å². The van der Waals surface area contributed by atoms with Crippen LogP contribution in [0.15, 0.2) is 24.3 Å². The zero-order valence-corrected chi connectivity index (χ0v) is 18.9. The average Bonchev–Trinajstić information content (AvgIpc) is 3.25. The fourth-order valence-corrected chi connectivity index (χ4v) is 5.39. The molecule has 0 bridgehead atoms. The Balaban J connectivity index is 1.29. The number of nitrogens with one attached hydrogen (secondary N) is 1. The first-order valence-electron chi connectivity index (χ1n) is 11.7. The molecule has 4 atom stereocenters. The van der Waals surface area contributed by atoms with Crippen LogP contribution in [-0.2, 0) is 20.8 Å². The van der Waals surface area contributed by atoms with E-state index in [-0.39, 0.29) is 24.2 Å². The molecule has 6 nitrogen and oxygen atoms in total. The van der Waals surface area contributed by atoms with Gasteiger partial charge in [-0.05, 0) is 49.3 Å². The maximum atomic E-state index is 12.5. The quantitative estimate of drug-likeness (QED) is 0.696. The Bertz CT molecular complexity index is 710. The SMILES string of the molecule is O=C(C[C@@H]1CC[C@H]2[C@@H](COC[C@@H](O)CN2CC2CCCC2)O1)NCc1ccc(Cl)cc1. The van der Waals surface area contributed by atoms with Crippen LogP contribution in [-0.4, -0.2) is 66.6 Å². The Morgan fingerprint density at radius 3 is 2.68 bits per heavy atom. The number of carbonyl (C=O) groups is 1. The van der Waals surface area contributed by atoms with Crippen LogP contribution in [0, 0.1) is 5.92 Å². The number of hydrogen-bond donors (Lipinski definition) is 2. The molecule has 31 heavy (non-hydrogen) atoms. The molecular formula is C24H35ClN2O4. The van der Waals surface area contributed by atoms with Crippen molar-refractivity contribution in [2.24, 2.45) is 5.92 Å². The van der Waals surface area contributed by atoms with E-state index in [2.05, 4.69) is 10.2 Å². The number of β-amino-alcohol motifs (C(OH)–C–C–N with tert-alkyl or cyclic N) is 1. The van der Waals surface area contributed by atoms with E-state index in [1.165, 1.54) is 25.7 Å². The molecule has 2 saturated heterocycles. The van der Waals surface area contributed by atoms with E-state index in [1.807, 2.05) is 24.3 Å². The second-order valence-electron chi connectivity index (χ2n) is 9.34. The van der Waals surface area contributed by atoms with Crippen molar-refractivity contribution in [3.05, 3.63) is 34.9 Å². The molecule has 0 radical (unpaired) electrons. The van der Waals surface area contributed by atoms with Crippen molar-refractivity contribution in [3.8, 4) is 0 Å². The number of carbonyl (C=O) groups excluding carboxylic acids is 1. The van der Waals surface area contributed by atoms with Gasteiger partial charge in [0.2, 0.25) is 5.91 Å². The largest absolute Gasteiger partial charge is 0.389 e. The number of hydrogen-bond acceptors (Lipinski definition) is 5. The highest BCUT2D eigenvalue weighted by molar-refractivity contribution is 6.30. The Labute approximate surface area is 190 Å². The Kier molecular flexibility index (Phi) is 8.24. The van der Waals surface area contributed by atoms with Crippen LogP contribution in [0.5, 0.6) is 0 Å². The predicted octanol–water partition coefficient (Wildman–Crippen LogP) is 3.15. The minimum Gasteiger partial charge on any atom is -0.389 e. The molecular weight excluding hydrogens is 416 g/mol. The lowest BCUT2D eigenvalue weighted by Crippen LogP contribution is -2.56. The van der Waals surface area contributed by atoms with E-state index in [0.717, 1.165) is 30.9 Å². The van der Waals surface area contributed by atoms with Gasteiger partial charge in [0.25, 0.3) is 0 Å². The maximum absolute atomic E-state index is 12.5. The summed E-state index contributed by atoms with van der Waals surface area (Å²) in [5.74, 6) is 0.730. The first-order chi connectivity index (χ1) is 15.1. The lowest BCUT2D eigenvalue weighted by Gasteiger charge is -2.45. The number of benzene rings is 1. The molecule has 4 rings (SSSR count). The summed E-state index contributed by atoms with van der Waals surface area (Å²) in [5, 5.41) is 14.0. The molecule has 172 valence electrons. The van der Waals surface area contributed by atoms with E-state index in [9.17, 15) is 9.90 Å². The van der Waals surface area contributed by atoms with Crippen LogP contribution in [0.2, 0.25) is 5.02 Å². The van der Waals surface area contributed by atoms with E-state index in [1.54, 1.807) is 0 Å². The smallest absolute Gasteiger partial charge is 0.222 e. The molecule has 1 aromatic rings. The summed E-state index contributed by atoms with van der Waals surface area (Å²) in [5.41, 5.74) is 1.02. The lowest BCUT2D eigenvalue weighted by molar-refractivity contribution is -0.158. The van der Waals surface area contributed by atoms with Gasteiger partial charge >= 0.3 is 0 Å². The minimum atomic E-state index is -0.446. The maximum Gasteiger partial charge on any atom is 0.222 e. The van der Waals surface area contributed by atoms with Gasteiger partial charge in [0.1, 0.15) is 0 Å². The van der Waals surface area contributed by atoms with Gasteiger partial charge in [-0.2, -0.15) is 0 Å². The normalized spacial score (nSPS) is 30.4. The predicted molar refractivity (Wildman–Crippen MR) is 120 cm³/mol. The summed E-state index contributed by atoms with van der Waals surface area (Å²) in [6.07, 6.45) is 6.83. The van der Waals surface area contributed by atoms with Crippen LogP contribution in [0.25, 0.3) is 0 Å². The Hall–Kier alpha value is -1.18. The van der Waals surface area contributed by atoms with Gasteiger partial charge in [-0.25, -0.2) is 0 Å². The number of fused-ring (bicyclic) bond motifs is 1. The third kappa shape index (κ3) is 6.65. The molecule has 1 aromatic carbocycles. The van der Waals surface area contributed by atoms with Gasteiger partial charge < -0.3 is 19.9 Å². The van der Waals surface area contributed by atoms with E-state index in [0.29, 0.717) is 37.7 Å². The molecule has 0 spiro atoms. The van der Waals surface area contributed by atoms with Gasteiger partial charge in [0.15, 0.2) is 0 Å². The Morgan fingerprint density at radius 1 is 1.13 bits per heavy atom. The topological polar surface area (TPSA) is 71.0 Å². The molecule has 1 amide bonds. The highest BCUT2D eigenvalue weighted by Crippen LogP contribution is 2.31. The number of rotatable bonds is 6. The number of ether oxygens (including phenoxy) is 2. The summed E-state index contributed by atoms with van der Waals surface area (Å²) >= 11 is 5.91. The summed E-state index contributed by atoms with van der Waals surface area (Å²) in [6, 6.07) is 7.75. The third-order valence-electron chi connectivity index (χ3n) is 6.87. The van der Waals surface area contributed by atoms with Gasteiger partial charge in [0, 0.05) is 30.7 Å². The number of halogens is 1. The molecule has 0 aromatic heterocycles. The van der Waals surface area contributed by atoms with Crippen LogP contribution in [0.4, 0.5) is 0 Å². The van der Waals surface area contributed by atoms with E-state index in [4.69, 9.17) is 21.1 Å². The zero-order chi connectivity index (χ0) is 21.6. The summed E-state index contributed by atoms with van der Waals surface area (Å²) in [6.45, 7) is 3.00. The highest BCUT2D eigenvalue weighted by Gasteiger charge is 2.38. The molecule has 3 aliphatic rings. The number of aliphatic hydroxyl groups is 1. The number of nitrogens with zero attached hydrogens (tertiary/aromatic N) is 1. The van der Waals surface area contributed by atoms with Crippen LogP contribution in [0.3, 0.4) is 0 Å². The van der Waals surface area contributed by atoms with E-state index < -0.39 is 6.10 Å². The van der Waals surface area contributed by atoms with Crippen molar-refractivity contribution in [3.63, 3.8) is 0 Å². The standard InChI is InChI=1S/C24H35ClN2O4/c25-19-7-5-17(6-8-19)12-26-24(29)11-21-9-10-22-23(31-21)16-30-15-20(28)14-27(22)13-18-3-1-2-4-18/h5-8,18,20-23,28H,1-4,9-16H2,(H,26,29)/t20-,21-,22-,23+/m0/s1. The van der Waals surface area contributed by atoms with Crippen LogP contribution in [0.1, 0.15) is 50.5 Å². The van der Waals surface area contributed by atoms with Crippen molar-refractivity contribution < 1.29 is 19.4 Å². The summed E-state index contributed by atoms with van der Waals surface area (Å²) in [7, 11) is 0. The second-order valence-corrected chi connectivity index (χ2v) is 9.78. The molecule has 2 heterocycles. The fourth-order valence-electron chi connectivity index (χ4n) is 5.26. The molecule has 0 unspecified atom stereocenters. The highest BCUT2D eigenvalue weighted by atomic mass is 35.5. The zero-order valence-electron chi connectivity index (χ0n) is 18.2. The first-order valence-corrected chi connectivity index (χ1v) is 12.1. The van der Waals surface area contributed by atoms with Crippen LogP contribution < -0.4 is 5.32 Å². The molecule has 2 N–H and O–H groups in total. The lowest BCUT2D eigenvalue weighted by atomic mass is 9.93. The van der Waals surface area contributed by atoms with Crippen LogP contribution >= 0.6 is 11.6 Å². The van der Waals surface area contributed by atoms with Gasteiger partial charge in [-0.1, -0.05) is 36.6 Å². The average molecular weight is 451 g/mol. The Morgan fingerprint density at radius 2 is 1.90 bits per heavy atom.